The first-order valence-corrected chi connectivity index (χ1v) is 11.3. The largest absolute Gasteiger partial charge is 0.396 e. The van der Waals surface area contributed by atoms with E-state index in [0.717, 1.165) is 6.26 Å². The van der Waals surface area contributed by atoms with Gasteiger partial charge in [0.15, 0.2) is 15.0 Å². The Morgan fingerprint density at radius 1 is 1.20 bits per heavy atom. The van der Waals surface area contributed by atoms with Crippen molar-refractivity contribution in [2.45, 2.75) is 29.6 Å². The molecule has 0 saturated heterocycles. The van der Waals surface area contributed by atoms with Crippen LogP contribution in [0.5, 0.6) is 0 Å². The number of rotatable bonds is 4. The lowest BCUT2D eigenvalue weighted by atomic mass is 10.1. The summed E-state index contributed by atoms with van der Waals surface area (Å²) in [5.41, 5.74) is 6.45. The van der Waals surface area contributed by atoms with Gasteiger partial charge in [-0.05, 0) is 30.7 Å². The first-order chi connectivity index (χ1) is 14.1. The van der Waals surface area contributed by atoms with Crippen molar-refractivity contribution in [3.63, 3.8) is 0 Å². The quantitative estimate of drug-likeness (QED) is 0.318. The van der Waals surface area contributed by atoms with E-state index in [1.165, 1.54) is 12.1 Å². The highest BCUT2D eigenvalue weighted by atomic mass is 35.5. The molecule has 1 aliphatic carbocycles. The second kappa shape index (κ2) is 8.75. The van der Waals surface area contributed by atoms with Crippen LogP contribution in [0.2, 0.25) is 5.15 Å². The minimum Gasteiger partial charge on any atom is -0.396 e. The van der Waals surface area contributed by atoms with Gasteiger partial charge < -0.3 is 26.4 Å². The predicted octanol–water partition coefficient (Wildman–Crippen LogP) is 0.0300. The number of sulfone groups is 1. The molecule has 4 atom stereocenters. The average molecular weight is 453 g/mol. The van der Waals surface area contributed by atoms with E-state index in [-0.39, 0.29) is 34.0 Å². The average Bonchev–Trinajstić information content (AvgIpc) is 2.94. The molecule has 1 saturated carbocycles. The molecule has 11 heteroatoms. The molecular formula is C19H21ClN4O5S. The highest BCUT2D eigenvalue weighted by Crippen LogP contribution is 2.30. The van der Waals surface area contributed by atoms with Crippen LogP contribution in [0.25, 0.3) is 0 Å². The summed E-state index contributed by atoms with van der Waals surface area (Å²) in [6.07, 6.45) is -0.779. The summed E-state index contributed by atoms with van der Waals surface area (Å²) in [5, 5.41) is 32.6. The van der Waals surface area contributed by atoms with Crippen molar-refractivity contribution in [2.75, 3.05) is 23.9 Å². The fraction of sp³-hybridized carbons (Fsp3) is 0.368. The summed E-state index contributed by atoms with van der Waals surface area (Å²) >= 11 is 6.19. The summed E-state index contributed by atoms with van der Waals surface area (Å²) in [7, 11) is -3.31. The fourth-order valence-electron chi connectivity index (χ4n) is 3.21. The third-order valence-corrected chi connectivity index (χ3v) is 6.26. The van der Waals surface area contributed by atoms with Gasteiger partial charge in [0.05, 0.1) is 17.0 Å². The smallest absolute Gasteiger partial charge is 0.223 e. The summed E-state index contributed by atoms with van der Waals surface area (Å²) in [5.74, 6) is 5.31. The van der Waals surface area contributed by atoms with Gasteiger partial charge in [-0.3, -0.25) is 0 Å². The SMILES string of the molecule is CS(=O)(=O)c1ccc(C#Cc2c(Cl)nc(N)nc2N[C@@H]2C[C@H](CO)[C@@H](O)[C@H]2O)cc1. The zero-order chi connectivity index (χ0) is 22.1. The molecule has 1 aromatic carbocycles. The standard InChI is InChI=1S/C19H21ClN4O5S/c1-30(28,29)12-5-2-10(3-6-12)4-7-13-17(20)23-19(21)24-18(13)22-14-8-11(9-25)15(26)16(14)27/h2-3,5-6,11,14-16,25-27H,8-9H2,1H3,(H3,21,22,23,24)/t11-,14-,15-,16+/m1/s1. The first kappa shape index (κ1) is 22.3. The Morgan fingerprint density at radius 3 is 2.43 bits per heavy atom. The van der Waals surface area contributed by atoms with Crippen molar-refractivity contribution in [3.8, 4) is 11.8 Å². The van der Waals surface area contributed by atoms with Crippen LogP contribution in [0.3, 0.4) is 0 Å². The van der Waals surface area contributed by atoms with Gasteiger partial charge in [-0.2, -0.15) is 9.97 Å². The van der Waals surface area contributed by atoms with Gasteiger partial charge in [-0.1, -0.05) is 23.4 Å². The van der Waals surface area contributed by atoms with Crippen LogP contribution in [0.15, 0.2) is 29.2 Å². The number of aliphatic hydroxyl groups is 3. The van der Waals surface area contributed by atoms with Gasteiger partial charge in [0.25, 0.3) is 0 Å². The Hall–Kier alpha value is -2.42. The number of nitrogens with zero attached hydrogens (tertiary/aromatic N) is 2. The molecule has 2 aromatic rings. The maximum Gasteiger partial charge on any atom is 0.223 e. The second-order valence-electron chi connectivity index (χ2n) is 7.05. The van der Waals surface area contributed by atoms with Crippen molar-refractivity contribution in [1.82, 2.24) is 9.97 Å². The molecule has 0 bridgehead atoms. The van der Waals surface area contributed by atoms with Crippen molar-refractivity contribution in [1.29, 1.82) is 0 Å². The molecule has 9 nitrogen and oxygen atoms in total. The van der Waals surface area contributed by atoms with Crippen LogP contribution in [0, 0.1) is 17.8 Å². The van der Waals surface area contributed by atoms with E-state index < -0.39 is 34.0 Å². The van der Waals surface area contributed by atoms with Crippen LogP contribution >= 0.6 is 11.6 Å². The minimum atomic E-state index is -3.31. The summed E-state index contributed by atoms with van der Waals surface area (Å²) in [6, 6.07) is 5.42. The maximum atomic E-state index is 11.6. The van der Waals surface area contributed by atoms with Crippen LogP contribution in [-0.2, 0) is 9.84 Å². The predicted molar refractivity (Wildman–Crippen MR) is 112 cm³/mol. The molecule has 0 amide bonds. The van der Waals surface area contributed by atoms with Gasteiger partial charge in [-0.15, -0.1) is 0 Å². The van der Waals surface area contributed by atoms with Crippen LogP contribution in [-0.4, -0.2) is 64.8 Å². The van der Waals surface area contributed by atoms with E-state index in [1.54, 1.807) is 12.1 Å². The number of nitrogens with one attached hydrogen (secondary N) is 1. The van der Waals surface area contributed by atoms with Crippen molar-refractivity contribution >= 4 is 33.2 Å². The van der Waals surface area contributed by atoms with Gasteiger partial charge >= 0.3 is 0 Å². The Morgan fingerprint density at radius 2 is 1.87 bits per heavy atom. The molecule has 1 heterocycles. The molecule has 160 valence electrons. The molecule has 1 fully saturated rings. The van der Waals surface area contributed by atoms with E-state index in [9.17, 15) is 23.7 Å². The molecule has 1 aliphatic rings. The number of hydrogen-bond donors (Lipinski definition) is 5. The molecule has 0 unspecified atom stereocenters. The lowest BCUT2D eigenvalue weighted by Crippen LogP contribution is -2.35. The van der Waals surface area contributed by atoms with Crippen LogP contribution in [0.1, 0.15) is 17.5 Å². The summed E-state index contributed by atoms with van der Waals surface area (Å²) in [4.78, 5) is 8.17. The topological polar surface area (TPSA) is 159 Å². The molecule has 1 aromatic heterocycles. The van der Waals surface area contributed by atoms with Crippen molar-refractivity contribution < 1.29 is 23.7 Å². The Bertz CT molecular complexity index is 1100. The van der Waals surface area contributed by atoms with Gasteiger partial charge in [0.2, 0.25) is 5.95 Å². The molecule has 0 spiro atoms. The highest BCUT2D eigenvalue weighted by Gasteiger charge is 2.41. The zero-order valence-electron chi connectivity index (χ0n) is 15.9. The van der Waals surface area contributed by atoms with E-state index in [1.807, 2.05) is 0 Å². The van der Waals surface area contributed by atoms with Gasteiger partial charge in [0, 0.05) is 24.3 Å². The molecule has 30 heavy (non-hydrogen) atoms. The van der Waals surface area contributed by atoms with Crippen molar-refractivity contribution in [2.24, 2.45) is 5.92 Å². The summed E-state index contributed by atoms with van der Waals surface area (Å²) in [6.45, 7) is -0.265. The number of anilines is 2. The number of aliphatic hydroxyl groups excluding tert-OH is 3. The molecule has 6 N–H and O–H groups in total. The van der Waals surface area contributed by atoms with Crippen molar-refractivity contribution in [3.05, 3.63) is 40.5 Å². The molecule has 0 aliphatic heterocycles. The number of aromatic nitrogens is 2. The Kier molecular flexibility index (Phi) is 6.50. The van der Waals surface area contributed by atoms with Gasteiger partial charge in [0.1, 0.15) is 17.5 Å². The second-order valence-corrected chi connectivity index (χ2v) is 9.43. The third kappa shape index (κ3) is 4.83. The lowest BCUT2D eigenvalue weighted by Gasteiger charge is -2.19. The van der Waals surface area contributed by atoms with Crippen LogP contribution < -0.4 is 11.1 Å². The number of benzene rings is 1. The van der Waals surface area contributed by atoms with Gasteiger partial charge in [-0.25, -0.2) is 8.42 Å². The molecule has 0 radical (unpaired) electrons. The number of halogens is 1. The molecule has 3 rings (SSSR count). The number of nitrogen functional groups attached to an aromatic ring is 1. The summed E-state index contributed by atoms with van der Waals surface area (Å²) < 4.78 is 23.1. The zero-order valence-corrected chi connectivity index (χ0v) is 17.5. The normalized spacial score (nSPS) is 23.6. The number of nitrogens with two attached hydrogens (primary N) is 1. The van der Waals surface area contributed by atoms with E-state index >= 15 is 0 Å². The fourth-order valence-corrected chi connectivity index (χ4v) is 4.06. The monoisotopic (exact) mass is 452 g/mol. The first-order valence-electron chi connectivity index (χ1n) is 8.99. The van der Waals surface area contributed by atoms with E-state index in [4.69, 9.17) is 17.3 Å². The lowest BCUT2D eigenvalue weighted by molar-refractivity contribution is 0.00445. The highest BCUT2D eigenvalue weighted by molar-refractivity contribution is 7.90. The maximum absolute atomic E-state index is 11.6. The Labute approximate surface area is 178 Å². The van der Waals surface area contributed by atoms with E-state index in [2.05, 4.69) is 27.1 Å². The molecular weight excluding hydrogens is 432 g/mol. The Balaban J connectivity index is 1.91. The van der Waals surface area contributed by atoms with Crippen LogP contribution in [0.4, 0.5) is 11.8 Å². The minimum absolute atomic E-state index is 0.00278. The third-order valence-electron chi connectivity index (χ3n) is 4.85. The van der Waals surface area contributed by atoms with E-state index in [0.29, 0.717) is 12.0 Å². The number of hydrogen-bond acceptors (Lipinski definition) is 9.